The number of aromatic nitrogens is 1. The highest BCUT2D eigenvalue weighted by molar-refractivity contribution is 5.82. The minimum Gasteiger partial charge on any atom is -0.462 e. The zero-order valence-corrected chi connectivity index (χ0v) is 22.9. The van der Waals surface area contributed by atoms with Crippen molar-refractivity contribution in [3.8, 4) is 11.1 Å². The Morgan fingerprint density at radius 3 is 2.54 bits per heavy atom. The lowest BCUT2D eigenvalue weighted by atomic mass is 9.40. The van der Waals surface area contributed by atoms with Crippen LogP contribution in [0, 0.1) is 33.9 Å². The first-order chi connectivity index (χ1) is 17.7. The Kier molecular flexibility index (Phi) is 6.66. The third-order valence-electron chi connectivity index (χ3n) is 10.2. The number of nitrogens with zero attached hydrogens (tertiary/aromatic N) is 1. The third kappa shape index (κ3) is 3.82. The van der Waals surface area contributed by atoms with E-state index in [0.717, 1.165) is 55.3 Å². The van der Waals surface area contributed by atoms with Gasteiger partial charge in [-0.3, -0.25) is 9.78 Å². The fraction of sp³-hybridized carbons (Fsp3) is 0.515. The molecular formula is C33H40FNO2. The van der Waals surface area contributed by atoms with Gasteiger partial charge in [-0.2, -0.15) is 0 Å². The highest BCUT2D eigenvalue weighted by atomic mass is 19.1. The molecule has 1 saturated heterocycles. The van der Waals surface area contributed by atoms with Gasteiger partial charge in [0, 0.05) is 23.1 Å². The summed E-state index contributed by atoms with van der Waals surface area (Å²) in [7, 11) is 0. The van der Waals surface area contributed by atoms with Crippen LogP contribution in [0.1, 0.15) is 78.8 Å². The van der Waals surface area contributed by atoms with Gasteiger partial charge in [0.05, 0.1) is 11.1 Å². The van der Waals surface area contributed by atoms with Crippen LogP contribution < -0.4 is 0 Å². The molecule has 0 radical (unpaired) electrons. The van der Waals surface area contributed by atoms with Crippen molar-refractivity contribution >= 4 is 12.0 Å². The fourth-order valence-electron chi connectivity index (χ4n) is 8.37. The molecule has 37 heavy (non-hydrogen) atoms. The van der Waals surface area contributed by atoms with Gasteiger partial charge in [-0.25, -0.2) is 4.39 Å². The highest BCUT2D eigenvalue weighted by Gasteiger charge is 2.72. The first kappa shape index (κ1) is 25.9. The van der Waals surface area contributed by atoms with Crippen molar-refractivity contribution in [2.75, 3.05) is 0 Å². The van der Waals surface area contributed by atoms with E-state index < -0.39 is 5.41 Å². The van der Waals surface area contributed by atoms with Gasteiger partial charge in [0.25, 0.3) is 0 Å². The molecule has 1 aliphatic heterocycles. The first-order valence-corrected chi connectivity index (χ1v) is 14.1. The Balaban J connectivity index is 1.59. The lowest BCUT2D eigenvalue weighted by Crippen LogP contribution is -2.58. The van der Waals surface area contributed by atoms with E-state index in [1.165, 1.54) is 17.7 Å². The zero-order chi connectivity index (χ0) is 26.4. The van der Waals surface area contributed by atoms with Crippen molar-refractivity contribution in [2.45, 2.75) is 79.2 Å². The number of ether oxygens (including phenoxy) is 1. The normalized spacial score (nSPS) is 35.1. The number of carbonyl (C=O) groups is 1. The summed E-state index contributed by atoms with van der Waals surface area (Å²) in [5.74, 6) is 0.485. The summed E-state index contributed by atoms with van der Waals surface area (Å²) < 4.78 is 19.8. The maximum absolute atomic E-state index is 13.7. The molecule has 1 aromatic carbocycles. The number of pyridine rings is 1. The first-order valence-electron chi connectivity index (χ1n) is 14.1. The average molecular weight is 502 g/mol. The molecule has 6 atom stereocenters. The van der Waals surface area contributed by atoms with Gasteiger partial charge in [0.1, 0.15) is 11.9 Å². The Morgan fingerprint density at radius 2 is 1.89 bits per heavy atom. The van der Waals surface area contributed by atoms with Crippen LogP contribution in [0.4, 0.5) is 4.39 Å². The number of halogens is 1. The lowest BCUT2D eigenvalue weighted by Gasteiger charge is -2.61. The van der Waals surface area contributed by atoms with Gasteiger partial charge in [-0.05, 0) is 86.6 Å². The van der Waals surface area contributed by atoms with Crippen molar-refractivity contribution in [3.63, 3.8) is 0 Å². The second-order valence-electron chi connectivity index (χ2n) is 11.7. The van der Waals surface area contributed by atoms with E-state index >= 15 is 0 Å². The number of cyclic esters (lactones) is 1. The van der Waals surface area contributed by atoms with Crippen LogP contribution in [0.15, 0.2) is 60.3 Å². The molecule has 0 amide bonds. The Bertz CT molecular complexity index is 1230. The van der Waals surface area contributed by atoms with Crippen LogP contribution in [0.3, 0.4) is 0 Å². The minimum absolute atomic E-state index is 0.00502. The topological polar surface area (TPSA) is 39.2 Å². The number of esters is 1. The van der Waals surface area contributed by atoms with Gasteiger partial charge in [0.2, 0.25) is 0 Å². The molecule has 196 valence electrons. The van der Waals surface area contributed by atoms with Crippen LogP contribution in [-0.4, -0.2) is 17.1 Å². The maximum Gasteiger partial charge on any atom is 0.313 e. The molecule has 4 heteroatoms. The highest BCUT2D eigenvalue weighted by Crippen LogP contribution is 2.72. The van der Waals surface area contributed by atoms with E-state index in [1.807, 2.05) is 24.4 Å². The molecule has 5 rings (SSSR count). The average Bonchev–Trinajstić information content (AvgIpc) is 3.12. The van der Waals surface area contributed by atoms with E-state index in [1.54, 1.807) is 6.07 Å². The molecule has 1 aromatic heterocycles. The van der Waals surface area contributed by atoms with Crippen molar-refractivity contribution in [1.82, 2.24) is 4.98 Å². The number of hydrogen-bond acceptors (Lipinski definition) is 3. The molecule has 2 aromatic rings. The second kappa shape index (κ2) is 9.53. The van der Waals surface area contributed by atoms with Crippen LogP contribution in [0.5, 0.6) is 0 Å². The summed E-state index contributed by atoms with van der Waals surface area (Å²) in [5.41, 5.74) is 3.36. The minimum atomic E-state index is -0.477. The molecule has 2 fully saturated rings. The van der Waals surface area contributed by atoms with Crippen molar-refractivity contribution in [3.05, 3.63) is 71.8 Å². The van der Waals surface area contributed by atoms with E-state index in [9.17, 15) is 9.18 Å². The van der Waals surface area contributed by atoms with Gasteiger partial charge >= 0.3 is 5.97 Å². The fourth-order valence-corrected chi connectivity index (χ4v) is 8.37. The number of carbonyl (C=O) groups excluding carboxylic acids is 1. The lowest BCUT2D eigenvalue weighted by molar-refractivity contribution is -0.153. The van der Waals surface area contributed by atoms with Crippen LogP contribution >= 0.6 is 0 Å². The van der Waals surface area contributed by atoms with Crippen LogP contribution in [0.2, 0.25) is 0 Å². The molecule has 2 aliphatic carbocycles. The molecule has 0 spiro atoms. The van der Waals surface area contributed by atoms with E-state index in [-0.39, 0.29) is 34.6 Å². The largest absolute Gasteiger partial charge is 0.462 e. The number of benzene rings is 1. The number of fused-ring (bicyclic) bond motifs is 2. The molecule has 3 aliphatic rings. The van der Waals surface area contributed by atoms with Crippen molar-refractivity contribution in [2.24, 2.45) is 28.1 Å². The molecule has 1 unspecified atom stereocenters. The Labute approximate surface area is 221 Å². The molecule has 1 saturated carbocycles. The standard InChI is InChI=1S/C33H40FNO2/c1-6-31-19-22(4)12-16-28(31)29(33(8-3)23(5)37-30(36)32(33,7-2)21-31)17-15-27-14-13-25(20-35-27)24-10-9-11-26(34)18-24/h9-11,13-18,20,22-23,29H,6-8,12,19,21H2,1-5H3/b17-15+/t22-,23-,29?,31+,32+,33+/m1/s1. The monoisotopic (exact) mass is 501 g/mol. The predicted octanol–water partition coefficient (Wildman–Crippen LogP) is 8.41. The molecule has 0 N–H and O–H groups in total. The van der Waals surface area contributed by atoms with Gasteiger partial charge in [0.15, 0.2) is 0 Å². The summed E-state index contributed by atoms with van der Waals surface area (Å²) in [4.78, 5) is 18.4. The van der Waals surface area contributed by atoms with E-state index in [0.29, 0.717) is 5.92 Å². The number of rotatable bonds is 6. The summed E-state index contributed by atoms with van der Waals surface area (Å²) in [6.07, 6.45) is 14.5. The summed E-state index contributed by atoms with van der Waals surface area (Å²) >= 11 is 0. The number of hydrogen-bond donors (Lipinski definition) is 0. The Hall–Kier alpha value is -2.75. The number of allylic oxidation sites excluding steroid dienone is 3. The molecule has 0 bridgehead atoms. The van der Waals surface area contributed by atoms with Gasteiger partial charge < -0.3 is 4.74 Å². The van der Waals surface area contributed by atoms with Gasteiger partial charge in [-0.1, -0.05) is 63.6 Å². The predicted molar refractivity (Wildman–Crippen MR) is 147 cm³/mol. The smallest absolute Gasteiger partial charge is 0.313 e. The van der Waals surface area contributed by atoms with Crippen molar-refractivity contribution < 1.29 is 13.9 Å². The third-order valence-corrected chi connectivity index (χ3v) is 10.2. The quantitative estimate of drug-likeness (QED) is 0.295. The van der Waals surface area contributed by atoms with Crippen LogP contribution in [-0.2, 0) is 9.53 Å². The molecule has 3 nitrogen and oxygen atoms in total. The van der Waals surface area contributed by atoms with Crippen molar-refractivity contribution in [1.29, 1.82) is 0 Å². The molecule has 2 heterocycles. The summed E-state index contributed by atoms with van der Waals surface area (Å²) in [6.45, 7) is 11.2. The Morgan fingerprint density at radius 1 is 1.08 bits per heavy atom. The summed E-state index contributed by atoms with van der Waals surface area (Å²) in [6, 6.07) is 10.6. The second-order valence-corrected chi connectivity index (χ2v) is 11.7. The van der Waals surface area contributed by atoms with E-state index in [2.05, 4.69) is 52.8 Å². The van der Waals surface area contributed by atoms with Crippen LogP contribution in [0.25, 0.3) is 17.2 Å². The zero-order valence-electron chi connectivity index (χ0n) is 22.9. The summed E-state index contributed by atoms with van der Waals surface area (Å²) in [5, 5.41) is 0. The SMILES string of the molecule is CC[C@@]12C[C@H](C)CC=C1C(/C=C/c1ccc(-c3cccc(F)c3)cn1)[C@]1(CC)[C@@H](C)OC(=O)[C@]1(CC)C2. The van der Waals surface area contributed by atoms with Gasteiger partial charge in [-0.15, -0.1) is 0 Å². The van der Waals surface area contributed by atoms with E-state index in [4.69, 9.17) is 9.72 Å². The molecular weight excluding hydrogens is 461 g/mol. The maximum atomic E-state index is 13.7.